The Bertz CT molecular complexity index is 1400. The first kappa shape index (κ1) is 68.7. The smallest absolute Gasteiger partial charge is 0.342 e. The van der Waals surface area contributed by atoms with Crippen LogP contribution in [0.25, 0.3) is 0 Å². The molecule has 2 amide bonds. The number of hydroxylamine groups is 3. The molecule has 0 aliphatic rings. The summed E-state index contributed by atoms with van der Waals surface area (Å²) < 4.78 is 45.1. The number of ether oxygens (including phenoxy) is 6. The van der Waals surface area contributed by atoms with Crippen LogP contribution in [0.15, 0.2) is 0 Å². The van der Waals surface area contributed by atoms with Crippen LogP contribution in [0.2, 0.25) is 0 Å². The van der Waals surface area contributed by atoms with Crippen LogP contribution >= 0.6 is 7.60 Å². The van der Waals surface area contributed by atoms with E-state index in [0.29, 0.717) is 78.1 Å². The Hall–Kier alpha value is -3.35. The highest BCUT2D eigenvalue weighted by Gasteiger charge is 2.34. The molecule has 0 saturated carbocycles. The van der Waals surface area contributed by atoms with Gasteiger partial charge in [-0.3, -0.25) is 53.9 Å². The maximum Gasteiger partial charge on any atom is 0.342 e. The summed E-state index contributed by atoms with van der Waals surface area (Å²) in [5.41, 5.74) is 18.9. The fourth-order valence-corrected chi connectivity index (χ4v) is 7.00. The zero-order valence-electron chi connectivity index (χ0n) is 41.2. The Morgan fingerprint density at radius 3 is 1.78 bits per heavy atom. The molecule has 0 aromatic carbocycles. The van der Waals surface area contributed by atoms with Crippen LogP contribution in [0.4, 0.5) is 0 Å². The number of aliphatic carboxylic acids is 2. The van der Waals surface area contributed by atoms with Gasteiger partial charge in [-0.25, -0.2) is 11.0 Å². The number of carboxylic acid groups (broad SMARTS) is 2. The molecule has 0 aliphatic carbocycles. The molecule has 0 aromatic rings. The van der Waals surface area contributed by atoms with E-state index in [1.54, 1.807) is 0 Å². The van der Waals surface area contributed by atoms with Gasteiger partial charge < -0.3 is 84.5 Å². The van der Waals surface area contributed by atoms with E-state index in [9.17, 15) is 53.3 Å². The number of amides is 2. The summed E-state index contributed by atoms with van der Waals surface area (Å²) in [5.74, 6) is -4.63. The van der Waals surface area contributed by atoms with Crippen LogP contribution < -0.4 is 43.9 Å². The van der Waals surface area contributed by atoms with E-state index in [0.717, 1.165) is 12.8 Å². The number of nitrogens with two attached hydrogens (primary N) is 2. The van der Waals surface area contributed by atoms with Gasteiger partial charge in [0.15, 0.2) is 0 Å². The molecule has 0 saturated heterocycles. The van der Waals surface area contributed by atoms with Crippen molar-refractivity contribution in [3.05, 3.63) is 0 Å². The lowest BCUT2D eigenvalue weighted by molar-refractivity contribution is -0.139. The molecule has 0 radical (unpaired) electrons. The summed E-state index contributed by atoms with van der Waals surface area (Å²) in [7, 11) is -4.82. The van der Waals surface area contributed by atoms with Crippen LogP contribution in [0.3, 0.4) is 0 Å². The van der Waals surface area contributed by atoms with Gasteiger partial charge in [0.25, 0.3) is 0 Å². The van der Waals surface area contributed by atoms with Crippen molar-refractivity contribution in [3.8, 4) is 0 Å². The number of carbonyl (C=O) groups is 6. The number of unbranched alkanes of at least 4 members (excludes halogenated alkanes) is 1. The quantitative estimate of drug-likeness (QED) is 0.00887. The van der Waals surface area contributed by atoms with E-state index >= 15 is 0 Å². The van der Waals surface area contributed by atoms with Crippen molar-refractivity contribution >= 4 is 43.9 Å². The Kier molecular flexibility index (Phi) is 46.3. The molecule has 2 atom stereocenters. The molecule has 422 valence electrons. The van der Waals surface area contributed by atoms with Crippen molar-refractivity contribution in [2.75, 3.05) is 185 Å². The van der Waals surface area contributed by atoms with E-state index in [2.05, 4.69) is 32.4 Å². The fraction of sp³-hybridized carbons (Fsp3) is 0.850. The van der Waals surface area contributed by atoms with Gasteiger partial charge in [0.2, 0.25) is 11.8 Å². The number of aldehydes is 2. The van der Waals surface area contributed by atoms with Gasteiger partial charge in [-0.05, 0) is 25.8 Å². The minimum Gasteiger partial charge on any atom is -0.480 e. The fourth-order valence-electron chi connectivity index (χ4n) is 5.90. The second kappa shape index (κ2) is 48.6. The molecular weight excluding hydrogens is 985 g/mol. The summed E-state index contributed by atoms with van der Waals surface area (Å²) in [6.45, 7) is 3.55. The highest BCUT2D eigenvalue weighted by Crippen LogP contribution is 2.44. The second-order valence-corrected chi connectivity index (χ2v) is 17.0. The van der Waals surface area contributed by atoms with Crippen molar-refractivity contribution in [2.45, 2.75) is 37.5 Å². The third-order valence-corrected chi connectivity index (χ3v) is 10.7. The topological polar surface area (TPSA) is 417 Å². The predicted molar refractivity (Wildman–Crippen MR) is 254 cm³/mol. The summed E-state index contributed by atoms with van der Waals surface area (Å²) in [6.07, 6.45) is 2.87. The minimum atomic E-state index is -4.82. The summed E-state index contributed by atoms with van der Waals surface area (Å²) in [4.78, 5) is 108. The Morgan fingerprint density at radius 1 is 0.611 bits per heavy atom. The normalized spacial score (nSPS) is 12.7. The van der Waals surface area contributed by atoms with Crippen molar-refractivity contribution in [2.24, 2.45) is 11.5 Å². The Balaban J connectivity index is 3.99. The summed E-state index contributed by atoms with van der Waals surface area (Å²) in [5, 5.41) is 27.1. The largest absolute Gasteiger partial charge is 0.480 e. The lowest BCUT2D eigenvalue weighted by Gasteiger charge is -2.34. The van der Waals surface area contributed by atoms with Crippen LogP contribution in [-0.4, -0.2) is 267 Å². The number of carbonyl (C=O) groups excluding carboxylic acids is 4. The van der Waals surface area contributed by atoms with Crippen molar-refractivity contribution in [1.29, 1.82) is 0 Å². The number of nitrogens with zero attached hydrogens (tertiary/aromatic N) is 3. The van der Waals surface area contributed by atoms with Crippen LogP contribution in [0.5, 0.6) is 0 Å². The summed E-state index contributed by atoms with van der Waals surface area (Å²) in [6, 6.07) is -0.623. The molecule has 14 N–H and O–H groups in total. The maximum atomic E-state index is 12.6. The molecule has 32 heteroatoms. The number of nitrogens with one attached hydrogen (secondary N) is 6. The van der Waals surface area contributed by atoms with E-state index in [1.165, 1.54) is 14.7 Å². The van der Waals surface area contributed by atoms with Gasteiger partial charge in [-0.2, -0.15) is 5.48 Å². The molecule has 0 fully saturated rings. The molecule has 0 aromatic heterocycles. The third kappa shape index (κ3) is 44.2. The third-order valence-electron chi connectivity index (χ3n) is 9.37. The van der Waals surface area contributed by atoms with E-state index < -0.39 is 50.4 Å². The lowest BCUT2D eigenvalue weighted by atomic mass is 10.1. The lowest BCUT2D eigenvalue weighted by Crippen LogP contribution is -2.47. The number of carboxylic acids is 2. The second-order valence-electron chi connectivity index (χ2n) is 15.2. The van der Waals surface area contributed by atoms with E-state index in [-0.39, 0.29) is 125 Å². The average molecular weight is 1070 g/mol. The maximum absolute atomic E-state index is 12.6. The minimum absolute atomic E-state index is 0.0148. The van der Waals surface area contributed by atoms with Crippen molar-refractivity contribution in [3.63, 3.8) is 0 Å². The zero-order valence-corrected chi connectivity index (χ0v) is 42.1. The SMILES string of the molecule is NCCONCCONCCONC(CCCCNCOCOCCOCCNC(=O)COCCOCCNCOCCC(N(CCN(CC=O)CC(=O)O)CCN(CC=O)CC(=O)O)P(=O)(O)O)C(N)=O. The van der Waals surface area contributed by atoms with Crippen LogP contribution in [-0.2, 0) is 76.3 Å². The summed E-state index contributed by atoms with van der Waals surface area (Å²) >= 11 is 0. The average Bonchev–Trinajstić information content (AvgIpc) is 3.32. The van der Waals surface area contributed by atoms with Gasteiger partial charge in [-0.15, -0.1) is 0 Å². The molecule has 0 aliphatic heterocycles. The molecule has 0 spiro atoms. The Labute approximate surface area is 420 Å². The van der Waals surface area contributed by atoms with Gasteiger partial charge in [-0.1, -0.05) is 6.42 Å². The van der Waals surface area contributed by atoms with Gasteiger partial charge in [0.05, 0.1) is 106 Å². The first-order valence-electron chi connectivity index (χ1n) is 23.5. The predicted octanol–water partition coefficient (Wildman–Crippen LogP) is -5.83. The number of hydrogen-bond donors (Lipinski definition) is 12. The molecular formula is C40H82N11O20P. The number of hydrogen-bond acceptors (Lipinski definition) is 25. The van der Waals surface area contributed by atoms with Gasteiger partial charge in [0.1, 0.15) is 37.8 Å². The molecule has 2 unspecified atom stereocenters. The highest BCUT2D eigenvalue weighted by atomic mass is 31.2. The monoisotopic (exact) mass is 1070 g/mol. The van der Waals surface area contributed by atoms with Crippen molar-refractivity contribution in [1.82, 2.24) is 47.1 Å². The molecule has 0 heterocycles. The molecule has 31 nitrogen and oxygen atoms in total. The van der Waals surface area contributed by atoms with E-state index in [1.807, 2.05) is 0 Å². The Morgan fingerprint density at radius 2 is 1.18 bits per heavy atom. The first-order valence-corrected chi connectivity index (χ1v) is 25.2. The standard InChI is InChI=1S/C40H82N11O20P/c41-5-20-69-46-9-23-70-47-10-24-71-48-35(40(42)59)3-1-2-6-43-33-68-34-67-28-26-64-22-8-45-36(54)31-65-27-25-63-21-7-44-32-66-19-4-37(72(60,61)62)51(13-11-49(15-17-52)29-38(55)56)14-12-50(16-18-53)30-39(57)58/h17-18,35,37,43-44,46-48H,1-16,19-34,41H2,(H2,42,59)(H,45,54)(H,55,56)(H,57,58)(H2,60,61,62). The molecule has 0 bridgehead atoms. The molecule has 0 rings (SSSR count). The first-order chi connectivity index (χ1) is 34.7. The van der Waals surface area contributed by atoms with Crippen molar-refractivity contribution < 1.29 is 96.3 Å². The van der Waals surface area contributed by atoms with Crippen LogP contribution in [0.1, 0.15) is 25.7 Å². The zero-order chi connectivity index (χ0) is 53.3. The van der Waals surface area contributed by atoms with Gasteiger partial charge in [0, 0.05) is 58.9 Å². The number of primary amides is 1. The number of rotatable bonds is 57. The van der Waals surface area contributed by atoms with Crippen LogP contribution in [0, 0.1) is 0 Å². The van der Waals surface area contributed by atoms with Gasteiger partial charge >= 0.3 is 19.5 Å². The molecule has 72 heavy (non-hydrogen) atoms. The highest BCUT2D eigenvalue weighted by molar-refractivity contribution is 7.52. The van der Waals surface area contributed by atoms with E-state index in [4.69, 9.17) is 54.4 Å².